The second-order valence-electron chi connectivity index (χ2n) is 8.97. The largest absolute Gasteiger partial charge is 0.384 e. The van der Waals surface area contributed by atoms with Crippen molar-refractivity contribution in [2.75, 3.05) is 23.3 Å². The van der Waals surface area contributed by atoms with Crippen LogP contribution in [0.15, 0.2) is 60.7 Å². The number of carbonyl (C=O) groups excluding carboxylic acids is 1. The van der Waals surface area contributed by atoms with Crippen molar-refractivity contribution in [2.24, 2.45) is 5.41 Å². The standard InChI is InChI=1S/C27H24Cl5FN2O/c1-2-9-35(23-6-3-21(33)4-7-23)14-18-12-22(5-8-24(18)30)34-15-26(16-36)25(27(26,31)32)17-10-19(28)13-20(29)11-17/h3-8,10-13,16,25,34H,2,9,14-15H2,1H3. The van der Waals surface area contributed by atoms with Crippen molar-refractivity contribution < 1.29 is 9.18 Å². The van der Waals surface area contributed by atoms with Gasteiger partial charge in [-0.05, 0) is 78.2 Å². The molecule has 1 saturated carbocycles. The minimum absolute atomic E-state index is 0.204. The van der Waals surface area contributed by atoms with E-state index in [0.717, 1.165) is 36.2 Å². The molecule has 4 rings (SSSR count). The lowest BCUT2D eigenvalue weighted by molar-refractivity contribution is -0.112. The maximum absolute atomic E-state index is 13.4. The van der Waals surface area contributed by atoms with Gasteiger partial charge in [0.25, 0.3) is 0 Å². The quantitative estimate of drug-likeness (QED) is 0.190. The maximum Gasteiger partial charge on any atom is 0.140 e. The molecule has 0 amide bonds. The topological polar surface area (TPSA) is 32.3 Å². The Morgan fingerprint density at radius 3 is 2.28 bits per heavy atom. The molecule has 0 spiro atoms. The van der Waals surface area contributed by atoms with Crippen LogP contribution in [0.25, 0.3) is 0 Å². The zero-order chi connectivity index (χ0) is 26.1. The predicted octanol–water partition coefficient (Wildman–Crippen LogP) is 8.77. The van der Waals surface area contributed by atoms with Crippen molar-refractivity contribution in [1.29, 1.82) is 0 Å². The smallest absolute Gasteiger partial charge is 0.140 e. The van der Waals surface area contributed by atoms with Gasteiger partial charge < -0.3 is 15.0 Å². The van der Waals surface area contributed by atoms with Crippen LogP contribution in [0.3, 0.4) is 0 Å². The summed E-state index contributed by atoms with van der Waals surface area (Å²) in [6.07, 6.45) is 1.71. The summed E-state index contributed by atoms with van der Waals surface area (Å²) in [6.45, 7) is 3.60. The fraction of sp³-hybridized carbons (Fsp3) is 0.296. The zero-order valence-electron chi connectivity index (χ0n) is 19.4. The molecule has 190 valence electrons. The molecule has 3 nitrogen and oxygen atoms in total. The summed E-state index contributed by atoms with van der Waals surface area (Å²) < 4.78 is 12.1. The SMILES string of the molecule is CCCN(Cc1cc(NCC2(C=O)C(c3cc(Cl)cc(Cl)c3)C2(Cl)Cl)ccc1Cl)c1ccc(F)cc1. The number of rotatable bonds is 10. The molecule has 2 unspecified atom stereocenters. The number of hydrogen-bond donors (Lipinski definition) is 1. The van der Waals surface area contributed by atoms with E-state index in [-0.39, 0.29) is 12.4 Å². The number of nitrogens with zero attached hydrogens (tertiary/aromatic N) is 1. The minimum atomic E-state index is -1.31. The van der Waals surface area contributed by atoms with E-state index in [1.54, 1.807) is 36.4 Å². The van der Waals surface area contributed by atoms with Gasteiger partial charge in [0.2, 0.25) is 0 Å². The van der Waals surface area contributed by atoms with Crippen molar-refractivity contribution in [1.82, 2.24) is 0 Å². The third-order valence-electron chi connectivity index (χ3n) is 6.52. The highest BCUT2D eigenvalue weighted by atomic mass is 35.5. The highest BCUT2D eigenvalue weighted by Crippen LogP contribution is 2.73. The van der Waals surface area contributed by atoms with E-state index < -0.39 is 15.7 Å². The van der Waals surface area contributed by atoms with Crippen molar-refractivity contribution in [3.8, 4) is 0 Å². The van der Waals surface area contributed by atoms with Gasteiger partial charge in [-0.3, -0.25) is 0 Å². The number of anilines is 2. The van der Waals surface area contributed by atoms with Crippen molar-refractivity contribution in [3.63, 3.8) is 0 Å². The fourth-order valence-electron chi connectivity index (χ4n) is 4.61. The first-order valence-electron chi connectivity index (χ1n) is 11.4. The number of carbonyl (C=O) groups is 1. The second-order valence-corrected chi connectivity index (χ2v) is 11.6. The molecule has 1 aliphatic carbocycles. The van der Waals surface area contributed by atoms with Crippen molar-refractivity contribution >= 4 is 75.7 Å². The van der Waals surface area contributed by atoms with E-state index in [2.05, 4.69) is 17.1 Å². The van der Waals surface area contributed by atoms with E-state index in [1.165, 1.54) is 12.1 Å². The van der Waals surface area contributed by atoms with Crippen LogP contribution in [0.4, 0.5) is 15.8 Å². The highest BCUT2D eigenvalue weighted by molar-refractivity contribution is 6.54. The fourth-order valence-corrected chi connectivity index (χ4v) is 6.31. The van der Waals surface area contributed by atoms with Gasteiger partial charge in [-0.25, -0.2) is 4.39 Å². The molecule has 36 heavy (non-hydrogen) atoms. The minimum Gasteiger partial charge on any atom is -0.384 e. The average Bonchev–Trinajstić information content (AvgIpc) is 3.33. The molecule has 0 radical (unpaired) electrons. The third kappa shape index (κ3) is 5.44. The summed E-state index contributed by atoms with van der Waals surface area (Å²) >= 11 is 32.1. The Morgan fingerprint density at radius 1 is 1.00 bits per heavy atom. The first-order valence-corrected chi connectivity index (χ1v) is 13.3. The number of benzene rings is 3. The second kappa shape index (κ2) is 11.0. The number of nitrogens with one attached hydrogen (secondary N) is 1. The third-order valence-corrected chi connectivity index (χ3v) is 8.47. The molecule has 3 aromatic rings. The summed E-state index contributed by atoms with van der Waals surface area (Å²) in [6, 6.07) is 17.0. The van der Waals surface area contributed by atoms with Crippen LogP contribution >= 0.6 is 58.0 Å². The molecule has 0 aliphatic heterocycles. The van der Waals surface area contributed by atoms with E-state index in [1.807, 2.05) is 12.1 Å². The van der Waals surface area contributed by atoms with Gasteiger partial charge in [-0.1, -0.05) is 64.9 Å². The van der Waals surface area contributed by atoms with Crippen LogP contribution in [0.2, 0.25) is 15.1 Å². The molecule has 0 bridgehead atoms. The van der Waals surface area contributed by atoms with Gasteiger partial charge in [-0.2, -0.15) is 0 Å². The number of aldehydes is 1. The van der Waals surface area contributed by atoms with Crippen LogP contribution in [0, 0.1) is 11.2 Å². The van der Waals surface area contributed by atoms with E-state index in [0.29, 0.717) is 27.2 Å². The predicted molar refractivity (Wildman–Crippen MR) is 150 cm³/mol. The molecule has 1 fully saturated rings. The number of halogens is 6. The maximum atomic E-state index is 13.4. The van der Waals surface area contributed by atoms with Crippen LogP contribution in [0.1, 0.15) is 30.4 Å². The summed E-state index contributed by atoms with van der Waals surface area (Å²) in [5, 5.41) is 4.81. The Bertz CT molecular complexity index is 1230. The van der Waals surface area contributed by atoms with Gasteiger partial charge in [0.15, 0.2) is 0 Å². The molecular formula is C27H24Cl5FN2O. The van der Waals surface area contributed by atoms with E-state index >= 15 is 0 Å². The number of alkyl halides is 2. The van der Waals surface area contributed by atoms with Gasteiger partial charge in [-0.15, -0.1) is 0 Å². The molecule has 9 heteroatoms. The first kappa shape index (κ1) is 27.3. The zero-order valence-corrected chi connectivity index (χ0v) is 23.2. The normalized spacial score (nSPS) is 20.1. The Labute approximate surface area is 235 Å². The van der Waals surface area contributed by atoms with Crippen LogP contribution in [-0.2, 0) is 11.3 Å². The van der Waals surface area contributed by atoms with Crippen LogP contribution < -0.4 is 10.2 Å². The Hall–Kier alpha value is -1.69. The Kier molecular flexibility index (Phi) is 8.33. The summed E-state index contributed by atoms with van der Waals surface area (Å²) in [7, 11) is 0. The first-order chi connectivity index (χ1) is 17.1. The molecule has 1 aliphatic rings. The average molecular weight is 589 g/mol. The molecule has 0 aromatic heterocycles. The lowest BCUT2D eigenvalue weighted by Crippen LogP contribution is -2.24. The monoisotopic (exact) mass is 586 g/mol. The van der Waals surface area contributed by atoms with Crippen molar-refractivity contribution in [3.05, 3.63) is 92.7 Å². The van der Waals surface area contributed by atoms with Gasteiger partial charge in [0.1, 0.15) is 16.4 Å². The molecule has 2 atom stereocenters. The Morgan fingerprint density at radius 2 is 1.67 bits per heavy atom. The highest BCUT2D eigenvalue weighted by Gasteiger charge is 2.76. The molecular weight excluding hydrogens is 565 g/mol. The summed E-state index contributed by atoms with van der Waals surface area (Å²) in [5.41, 5.74) is 2.20. The molecule has 1 N–H and O–H groups in total. The van der Waals surface area contributed by atoms with E-state index in [4.69, 9.17) is 58.0 Å². The lowest BCUT2D eigenvalue weighted by atomic mass is 10.00. The van der Waals surface area contributed by atoms with Gasteiger partial charge >= 0.3 is 0 Å². The molecule has 0 saturated heterocycles. The molecule has 3 aromatic carbocycles. The van der Waals surface area contributed by atoms with Gasteiger partial charge in [0.05, 0.1) is 5.41 Å². The van der Waals surface area contributed by atoms with E-state index in [9.17, 15) is 9.18 Å². The Balaban J connectivity index is 1.54. The van der Waals surface area contributed by atoms with Crippen LogP contribution in [-0.4, -0.2) is 23.7 Å². The molecule has 0 heterocycles. The van der Waals surface area contributed by atoms with Crippen LogP contribution in [0.5, 0.6) is 0 Å². The summed E-state index contributed by atoms with van der Waals surface area (Å²) in [5.74, 6) is -0.753. The summed E-state index contributed by atoms with van der Waals surface area (Å²) in [4.78, 5) is 14.4. The van der Waals surface area contributed by atoms with Crippen molar-refractivity contribution in [2.45, 2.75) is 30.1 Å². The number of hydrogen-bond acceptors (Lipinski definition) is 3. The van der Waals surface area contributed by atoms with Gasteiger partial charge in [0, 0.05) is 52.0 Å². The lowest BCUT2D eigenvalue weighted by Gasteiger charge is -2.25.